The summed E-state index contributed by atoms with van der Waals surface area (Å²) in [5.74, 6) is 0. The molecule has 2 aliphatic carbocycles. The molecule has 42 heavy (non-hydrogen) atoms. The first-order chi connectivity index (χ1) is 20.6. The van der Waals surface area contributed by atoms with Gasteiger partial charge in [-0.05, 0) is 63.9 Å². The van der Waals surface area contributed by atoms with Gasteiger partial charge >= 0.3 is 0 Å². The Kier molecular flexibility index (Phi) is 5.58. The first-order valence-electron chi connectivity index (χ1n) is 14.7. The van der Waals surface area contributed by atoms with Crippen LogP contribution in [0.2, 0.25) is 0 Å². The molecular formula is C40H31NO. The minimum absolute atomic E-state index is 0.147. The highest BCUT2D eigenvalue weighted by molar-refractivity contribution is 6.09. The largest absolute Gasteiger partial charge is 0.455 e. The summed E-state index contributed by atoms with van der Waals surface area (Å²) in [7, 11) is 0. The Morgan fingerprint density at radius 1 is 0.690 bits per heavy atom. The Morgan fingerprint density at radius 2 is 1.50 bits per heavy atom. The van der Waals surface area contributed by atoms with E-state index in [0.717, 1.165) is 45.2 Å². The van der Waals surface area contributed by atoms with Crippen LogP contribution in [0.5, 0.6) is 0 Å². The van der Waals surface area contributed by atoms with E-state index in [1.807, 2.05) is 12.1 Å². The molecule has 202 valence electrons. The van der Waals surface area contributed by atoms with E-state index in [4.69, 9.17) is 4.42 Å². The lowest BCUT2D eigenvalue weighted by atomic mass is 9.81. The monoisotopic (exact) mass is 541 g/mol. The van der Waals surface area contributed by atoms with E-state index in [1.165, 1.54) is 33.2 Å². The van der Waals surface area contributed by atoms with Gasteiger partial charge in [0, 0.05) is 33.6 Å². The normalized spacial score (nSPS) is 15.0. The molecule has 0 saturated heterocycles. The molecule has 2 heterocycles. The van der Waals surface area contributed by atoms with Crippen LogP contribution >= 0.6 is 0 Å². The van der Waals surface area contributed by atoms with Crippen molar-refractivity contribution in [3.8, 4) is 22.3 Å². The van der Waals surface area contributed by atoms with E-state index >= 15 is 0 Å². The van der Waals surface area contributed by atoms with Crippen LogP contribution in [0.3, 0.4) is 0 Å². The number of furan rings is 1. The van der Waals surface area contributed by atoms with Crippen molar-refractivity contribution < 1.29 is 4.42 Å². The third-order valence-electron chi connectivity index (χ3n) is 8.88. The van der Waals surface area contributed by atoms with Gasteiger partial charge in [0.1, 0.15) is 11.2 Å². The molecule has 0 unspecified atom stereocenters. The van der Waals surface area contributed by atoms with Crippen LogP contribution in [-0.2, 0) is 5.41 Å². The summed E-state index contributed by atoms with van der Waals surface area (Å²) in [6, 6.07) is 37.1. The van der Waals surface area contributed by atoms with Gasteiger partial charge in [0.25, 0.3) is 0 Å². The highest BCUT2D eigenvalue weighted by atomic mass is 16.3. The minimum Gasteiger partial charge on any atom is -0.455 e. The molecule has 0 saturated carbocycles. The molecule has 8 rings (SSSR count). The second-order valence-electron chi connectivity index (χ2n) is 11.7. The highest BCUT2D eigenvalue weighted by Crippen LogP contribution is 2.51. The Hall–Kier alpha value is -5.08. The number of fused-ring (bicyclic) bond motifs is 8. The van der Waals surface area contributed by atoms with Crippen molar-refractivity contribution in [1.82, 2.24) is 4.57 Å². The summed E-state index contributed by atoms with van der Waals surface area (Å²) < 4.78 is 8.80. The average Bonchev–Trinajstić information content (AvgIpc) is 3.38. The smallest absolute Gasteiger partial charge is 0.143 e. The number of para-hydroxylation sites is 2. The maximum atomic E-state index is 6.43. The van der Waals surface area contributed by atoms with Gasteiger partial charge in [0.2, 0.25) is 0 Å². The fourth-order valence-corrected chi connectivity index (χ4v) is 6.90. The van der Waals surface area contributed by atoms with Gasteiger partial charge in [-0.3, -0.25) is 0 Å². The van der Waals surface area contributed by atoms with Gasteiger partial charge < -0.3 is 8.98 Å². The molecule has 2 nitrogen and oxygen atoms in total. The fourth-order valence-electron chi connectivity index (χ4n) is 6.90. The molecular weight excluding hydrogens is 510 g/mol. The lowest BCUT2D eigenvalue weighted by Gasteiger charge is -2.24. The van der Waals surface area contributed by atoms with Crippen molar-refractivity contribution >= 4 is 38.5 Å². The first-order valence-corrected chi connectivity index (χ1v) is 14.7. The van der Waals surface area contributed by atoms with Gasteiger partial charge in [0.15, 0.2) is 0 Å². The number of rotatable bonds is 2. The molecule has 0 N–H and O–H groups in total. The molecule has 4 aromatic carbocycles. The molecule has 0 radical (unpaired) electrons. The lowest BCUT2D eigenvalue weighted by Crippen LogP contribution is -2.17. The Labute approximate surface area is 245 Å². The minimum atomic E-state index is -0.147. The molecule has 6 aromatic rings. The standard InChI is InChI=1S/C40H31NO/c1-40(2)35-20-9-7-16-31(35)33-25-24-28-23-22-27(30-18-11-19-34-32-17-8-10-21-36(32)42-39(30)34)13-12-26-41(38(28)37(33)40)29-14-5-3-4-6-15-29/h3,5-26H,4H2,1-2H3. The van der Waals surface area contributed by atoms with Crippen LogP contribution < -0.4 is 0 Å². The quantitative estimate of drug-likeness (QED) is 0.213. The van der Waals surface area contributed by atoms with E-state index in [0.29, 0.717) is 0 Å². The number of benzene rings is 4. The van der Waals surface area contributed by atoms with Crippen molar-refractivity contribution in [2.75, 3.05) is 0 Å². The van der Waals surface area contributed by atoms with Crippen LogP contribution in [0.25, 0.3) is 60.8 Å². The summed E-state index contributed by atoms with van der Waals surface area (Å²) >= 11 is 0. The van der Waals surface area contributed by atoms with Crippen LogP contribution in [0, 0.1) is 0 Å². The van der Waals surface area contributed by atoms with Gasteiger partial charge in [-0.1, -0.05) is 123 Å². The van der Waals surface area contributed by atoms with Gasteiger partial charge in [0.05, 0.1) is 5.52 Å². The zero-order chi connectivity index (χ0) is 28.3. The summed E-state index contributed by atoms with van der Waals surface area (Å²) in [4.78, 5) is 0. The summed E-state index contributed by atoms with van der Waals surface area (Å²) in [5.41, 5.74) is 11.6. The van der Waals surface area contributed by atoms with E-state index in [2.05, 4.69) is 146 Å². The molecule has 0 atom stereocenters. The van der Waals surface area contributed by atoms with Gasteiger partial charge in [-0.15, -0.1) is 0 Å². The fraction of sp³-hybridized carbons (Fsp3) is 0.100. The van der Waals surface area contributed by atoms with Crippen LogP contribution in [0.15, 0.2) is 144 Å². The third kappa shape index (κ3) is 3.72. The lowest BCUT2D eigenvalue weighted by molar-refractivity contribution is 0.663. The topological polar surface area (TPSA) is 18.1 Å². The molecule has 0 fully saturated rings. The number of allylic oxidation sites excluding steroid dienone is 6. The van der Waals surface area contributed by atoms with Crippen LogP contribution in [-0.4, -0.2) is 4.57 Å². The maximum Gasteiger partial charge on any atom is 0.143 e. The SMILES string of the molecule is CC1(C)c2ccccc2-c2ccc3ccc(-c4cccc5c4oc4ccccc45)cccn(C4=CC=CCC=C4)c3c21. The van der Waals surface area contributed by atoms with Gasteiger partial charge in [-0.2, -0.15) is 0 Å². The summed E-state index contributed by atoms with van der Waals surface area (Å²) in [6.45, 7) is 4.72. The molecule has 0 amide bonds. The number of aromatic nitrogens is 1. The molecule has 0 aliphatic heterocycles. The molecule has 2 heteroatoms. The average molecular weight is 542 g/mol. The van der Waals surface area contributed by atoms with Crippen molar-refractivity contribution in [1.29, 1.82) is 0 Å². The number of nitrogens with zero attached hydrogens (tertiary/aromatic N) is 1. The second kappa shape index (κ2) is 9.49. The van der Waals surface area contributed by atoms with Gasteiger partial charge in [-0.25, -0.2) is 0 Å². The highest BCUT2D eigenvalue weighted by Gasteiger charge is 2.37. The number of hydrogen-bond acceptors (Lipinski definition) is 1. The van der Waals surface area contributed by atoms with E-state index < -0.39 is 0 Å². The van der Waals surface area contributed by atoms with Crippen molar-refractivity contribution in [2.24, 2.45) is 0 Å². The van der Waals surface area contributed by atoms with Crippen molar-refractivity contribution in [3.05, 3.63) is 151 Å². The molecule has 2 aliphatic rings. The van der Waals surface area contributed by atoms with E-state index in [1.54, 1.807) is 0 Å². The molecule has 0 spiro atoms. The Morgan fingerprint density at radius 3 is 2.45 bits per heavy atom. The number of hydrogen-bond donors (Lipinski definition) is 0. The maximum absolute atomic E-state index is 6.43. The van der Waals surface area contributed by atoms with Crippen molar-refractivity contribution in [2.45, 2.75) is 25.7 Å². The molecule has 0 bridgehead atoms. The summed E-state index contributed by atoms with van der Waals surface area (Å²) in [5, 5.41) is 3.47. The van der Waals surface area contributed by atoms with Crippen molar-refractivity contribution in [3.63, 3.8) is 0 Å². The van der Waals surface area contributed by atoms with E-state index in [9.17, 15) is 0 Å². The molecule has 2 aromatic heterocycles. The first kappa shape index (κ1) is 24.7. The zero-order valence-electron chi connectivity index (χ0n) is 23.8. The predicted octanol–water partition coefficient (Wildman–Crippen LogP) is 11.0. The zero-order valence-corrected chi connectivity index (χ0v) is 23.8. The predicted molar refractivity (Wildman–Crippen MR) is 177 cm³/mol. The third-order valence-corrected chi connectivity index (χ3v) is 8.88. The Bertz CT molecular complexity index is 2200. The second-order valence-corrected chi connectivity index (χ2v) is 11.7. The summed E-state index contributed by atoms with van der Waals surface area (Å²) in [6.07, 6.45) is 14.2. The Balaban J connectivity index is 1.46. The van der Waals surface area contributed by atoms with Crippen LogP contribution in [0.1, 0.15) is 31.4 Å². The van der Waals surface area contributed by atoms with Crippen LogP contribution in [0.4, 0.5) is 0 Å². The van der Waals surface area contributed by atoms with E-state index in [-0.39, 0.29) is 5.41 Å².